The molecule has 0 spiro atoms. The molecule has 6 heteroatoms. The van der Waals surface area contributed by atoms with Crippen molar-refractivity contribution in [2.45, 2.75) is 50.5 Å². The molecule has 0 amide bonds. The monoisotopic (exact) mass is 325 g/mol. The summed E-state index contributed by atoms with van der Waals surface area (Å²) in [4.78, 5) is 0. The Morgan fingerprint density at radius 3 is 2.88 bits per heavy atom. The third kappa shape index (κ3) is 3.73. The molecule has 24 heavy (non-hydrogen) atoms. The summed E-state index contributed by atoms with van der Waals surface area (Å²) in [5, 5.41) is 15.9. The van der Waals surface area contributed by atoms with Gasteiger partial charge < -0.3 is 0 Å². The van der Waals surface area contributed by atoms with Gasteiger partial charge in [-0.25, -0.2) is 0 Å². The Balaban J connectivity index is 1.77. The summed E-state index contributed by atoms with van der Waals surface area (Å²) in [6.07, 6.45) is 6.43. The molecule has 1 unspecified atom stereocenters. The fraction of sp³-hybridized carbons (Fsp3) is 0.500. The first kappa shape index (κ1) is 16.8. The summed E-state index contributed by atoms with van der Waals surface area (Å²) in [6, 6.07) is 6.87. The van der Waals surface area contributed by atoms with E-state index in [1.165, 1.54) is 25.3 Å². The zero-order chi connectivity index (χ0) is 16.9. The molecule has 3 rings (SSSR count). The minimum absolute atomic E-state index is 0.319. The van der Waals surface area contributed by atoms with Gasteiger partial charge in [-0.1, -0.05) is 0 Å². The van der Waals surface area contributed by atoms with Crippen LogP contribution in [-0.2, 0) is 6.42 Å². The van der Waals surface area contributed by atoms with Gasteiger partial charge >= 0.3 is 142 Å². The van der Waals surface area contributed by atoms with E-state index in [0.717, 1.165) is 24.1 Å². The standard InChI is InChI=1S/C18H21BFN3O/c1-22-14(11-21)9-12-7-8-15(16(20)10-12)17-19-18(24-23-17)13-5-3-2-4-6-13/h7-8,10,13-14,22H,2-6,9H2,1H3. The quantitative estimate of drug-likeness (QED) is 0.914. The Hall–Kier alpha value is -2.00. The third-order valence-corrected chi connectivity index (χ3v) is 4.79. The van der Waals surface area contributed by atoms with Crippen molar-refractivity contribution in [2.24, 2.45) is 0 Å². The number of nitrogens with zero attached hydrogens (tertiary/aromatic N) is 2. The topological polar surface area (TPSA) is 61.9 Å². The van der Waals surface area contributed by atoms with E-state index >= 15 is 0 Å². The van der Waals surface area contributed by atoms with Gasteiger partial charge in [-0.2, -0.15) is 0 Å². The molecular weight excluding hydrogens is 304 g/mol. The van der Waals surface area contributed by atoms with Gasteiger partial charge in [-0.3, -0.25) is 0 Å². The maximum absolute atomic E-state index is 14.5. The Labute approximate surface area is 142 Å². The molecule has 1 heterocycles. The van der Waals surface area contributed by atoms with Crippen molar-refractivity contribution in [1.82, 2.24) is 10.5 Å². The molecule has 0 aliphatic heterocycles. The van der Waals surface area contributed by atoms with Gasteiger partial charge in [-0.15, -0.1) is 0 Å². The molecule has 1 aromatic heterocycles. The molecule has 124 valence electrons. The van der Waals surface area contributed by atoms with Crippen LogP contribution < -0.4 is 5.32 Å². The van der Waals surface area contributed by atoms with Crippen molar-refractivity contribution in [1.29, 1.82) is 5.26 Å². The molecule has 1 N–H and O–H groups in total. The number of nitriles is 1. The van der Waals surface area contributed by atoms with E-state index in [1.807, 2.05) is 13.0 Å². The van der Waals surface area contributed by atoms with Crippen LogP contribution in [0.4, 0.5) is 4.39 Å². The minimum atomic E-state index is -0.330. The van der Waals surface area contributed by atoms with Crippen LogP contribution >= 0.6 is 0 Å². The van der Waals surface area contributed by atoms with E-state index < -0.39 is 0 Å². The average molecular weight is 325 g/mol. The Morgan fingerprint density at radius 2 is 2.21 bits per heavy atom. The van der Waals surface area contributed by atoms with Crippen LogP contribution in [0.25, 0.3) is 11.2 Å². The van der Waals surface area contributed by atoms with E-state index in [2.05, 4.69) is 16.5 Å². The predicted molar refractivity (Wildman–Crippen MR) is 91.2 cm³/mol. The molecule has 1 saturated carbocycles. The number of nitrogens with one attached hydrogen (secondary N) is 1. The number of benzene rings is 1. The summed E-state index contributed by atoms with van der Waals surface area (Å²) in [7, 11) is 1.72. The molecule has 0 radical (unpaired) electrons. The molecule has 4 nitrogen and oxygen atoms in total. The van der Waals surface area contributed by atoms with Crippen LogP contribution in [0.1, 0.15) is 49.2 Å². The Kier molecular flexibility index (Phi) is 5.42. The SMILES string of the molecule is CNC(C#N)Cc1ccc(-c2bc(C3CCCCC3)on2)c(F)c1. The molecule has 1 aliphatic carbocycles. The first-order chi connectivity index (χ1) is 11.7. The van der Waals surface area contributed by atoms with Gasteiger partial charge in [-0.05, 0) is 0 Å². The zero-order valence-corrected chi connectivity index (χ0v) is 13.9. The van der Waals surface area contributed by atoms with Crippen LogP contribution in [0.2, 0.25) is 0 Å². The normalized spacial score (nSPS) is 16.5. The first-order valence-corrected chi connectivity index (χ1v) is 8.53. The number of halogens is 1. The molecule has 2 aromatic rings. The second kappa shape index (κ2) is 7.72. The predicted octanol–water partition coefficient (Wildman–Crippen LogP) is 3.52. The Bertz CT molecular complexity index is 734. The van der Waals surface area contributed by atoms with Crippen molar-refractivity contribution in [2.75, 3.05) is 7.05 Å². The van der Waals surface area contributed by atoms with E-state index in [4.69, 9.17) is 9.78 Å². The van der Waals surface area contributed by atoms with Gasteiger partial charge in [0.15, 0.2) is 0 Å². The van der Waals surface area contributed by atoms with Gasteiger partial charge in [0.1, 0.15) is 0 Å². The second-order valence-electron chi connectivity index (χ2n) is 6.44. The van der Waals surface area contributed by atoms with Crippen LogP contribution in [-0.4, -0.2) is 25.2 Å². The second-order valence-corrected chi connectivity index (χ2v) is 6.44. The molecule has 1 atom stereocenters. The number of likely N-dealkylation sites (N-methyl/N-ethyl adjacent to an activating group) is 1. The van der Waals surface area contributed by atoms with Crippen molar-refractivity contribution in [3.05, 3.63) is 35.2 Å². The molecular formula is C18H21BFN3O. The van der Waals surface area contributed by atoms with E-state index in [1.54, 1.807) is 13.1 Å². The average Bonchev–Trinajstić information content (AvgIpc) is 3.10. The summed E-state index contributed by atoms with van der Waals surface area (Å²) in [6.45, 7) is 1.87. The van der Waals surface area contributed by atoms with Gasteiger partial charge in [0.2, 0.25) is 0 Å². The Morgan fingerprint density at radius 1 is 1.42 bits per heavy atom. The van der Waals surface area contributed by atoms with Crippen LogP contribution in [0.5, 0.6) is 0 Å². The van der Waals surface area contributed by atoms with E-state index in [0.29, 0.717) is 23.5 Å². The van der Waals surface area contributed by atoms with Gasteiger partial charge in [0.05, 0.1) is 0 Å². The molecule has 1 aliphatic rings. The van der Waals surface area contributed by atoms with Crippen molar-refractivity contribution in [3.63, 3.8) is 0 Å². The van der Waals surface area contributed by atoms with Gasteiger partial charge in [0.25, 0.3) is 0 Å². The van der Waals surface area contributed by atoms with Crippen LogP contribution in [0, 0.1) is 17.1 Å². The number of aromatic nitrogens is 1. The van der Waals surface area contributed by atoms with Crippen molar-refractivity contribution >= 4 is 6.91 Å². The van der Waals surface area contributed by atoms with Crippen molar-refractivity contribution in [3.8, 4) is 17.2 Å². The number of hydrogen-bond donors (Lipinski definition) is 1. The first-order valence-electron chi connectivity index (χ1n) is 8.53. The molecule has 1 fully saturated rings. The fourth-order valence-electron chi connectivity index (χ4n) is 3.34. The molecule has 0 bridgehead atoms. The van der Waals surface area contributed by atoms with Crippen molar-refractivity contribution < 1.29 is 8.91 Å². The van der Waals surface area contributed by atoms with Crippen LogP contribution in [0.3, 0.4) is 0 Å². The summed E-state index contributed by atoms with van der Waals surface area (Å²) in [5.74, 6) is 0.0816. The fourth-order valence-corrected chi connectivity index (χ4v) is 3.34. The third-order valence-electron chi connectivity index (χ3n) is 4.79. The molecule has 1 aromatic carbocycles. The van der Waals surface area contributed by atoms with E-state index in [9.17, 15) is 4.39 Å². The van der Waals surface area contributed by atoms with Crippen LogP contribution in [0.15, 0.2) is 22.7 Å². The summed E-state index contributed by atoms with van der Waals surface area (Å²) >= 11 is 0. The zero-order valence-electron chi connectivity index (χ0n) is 13.9. The maximum atomic E-state index is 14.5. The summed E-state index contributed by atoms with van der Waals surface area (Å²) < 4.78 is 19.9. The number of hydrogen-bond acceptors (Lipinski definition) is 4. The van der Waals surface area contributed by atoms with E-state index in [-0.39, 0.29) is 11.9 Å². The summed E-state index contributed by atoms with van der Waals surface area (Å²) in [5.41, 5.74) is 2.65. The van der Waals surface area contributed by atoms with Gasteiger partial charge in [0, 0.05) is 0 Å². The molecule has 0 saturated heterocycles. The number of rotatable bonds is 5.